The molecule has 2 amide bonds. The van der Waals surface area contributed by atoms with E-state index in [0.717, 1.165) is 17.7 Å². The fourth-order valence-electron chi connectivity index (χ4n) is 2.34. The Morgan fingerprint density at radius 2 is 1.72 bits per heavy atom. The second-order valence-corrected chi connectivity index (χ2v) is 7.80. The molecule has 0 heterocycles. The van der Waals surface area contributed by atoms with Crippen molar-refractivity contribution in [1.29, 1.82) is 0 Å². The third-order valence-electron chi connectivity index (χ3n) is 3.92. The molecule has 2 aromatic rings. The van der Waals surface area contributed by atoms with Crippen molar-refractivity contribution in [3.05, 3.63) is 59.9 Å². The third kappa shape index (κ3) is 6.54. The Hall–Kier alpha value is -2.98. The lowest BCUT2D eigenvalue weighted by Crippen LogP contribution is -2.47. The van der Waals surface area contributed by atoms with Crippen LogP contribution in [0.15, 0.2) is 53.4 Å². The van der Waals surface area contributed by atoms with Gasteiger partial charge in [-0.05, 0) is 36.8 Å². The van der Waals surface area contributed by atoms with Crippen molar-refractivity contribution >= 4 is 21.8 Å². The van der Waals surface area contributed by atoms with Crippen LogP contribution in [-0.4, -0.2) is 39.9 Å². The molecule has 3 N–H and O–H groups in total. The highest BCUT2D eigenvalue weighted by molar-refractivity contribution is 7.89. The summed E-state index contributed by atoms with van der Waals surface area (Å²) >= 11 is 0. The van der Waals surface area contributed by atoms with Crippen molar-refractivity contribution in [3.63, 3.8) is 0 Å². The van der Waals surface area contributed by atoms with Crippen LogP contribution >= 0.6 is 0 Å². The molecule has 29 heavy (non-hydrogen) atoms. The number of methoxy groups -OCH3 is 1. The Kier molecular flexibility index (Phi) is 7.68. The molecule has 0 radical (unpaired) electrons. The molecule has 8 nitrogen and oxygen atoms in total. The van der Waals surface area contributed by atoms with Crippen molar-refractivity contribution in [2.24, 2.45) is 0 Å². The van der Waals surface area contributed by atoms with Gasteiger partial charge in [-0.1, -0.05) is 24.3 Å². The average Bonchev–Trinajstić information content (AvgIpc) is 2.70. The van der Waals surface area contributed by atoms with Crippen LogP contribution in [0, 0.1) is 5.82 Å². The first kappa shape index (κ1) is 22.3. The summed E-state index contributed by atoms with van der Waals surface area (Å²) in [6.45, 7) is 1.22. The number of amides is 2. The quantitative estimate of drug-likeness (QED) is 0.555. The van der Waals surface area contributed by atoms with E-state index in [1.54, 1.807) is 31.4 Å². The number of nitrogens with one attached hydrogen (secondary N) is 3. The molecular weight excluding hydrogens is 401 g/mol. The maximum absolute atomic E-state index is 13.7. The zero-order valence-corrected chi connectivity index (χ0v) is 16.8. The van der Waals surface area contributed by atoms with Gasteiger partial charge in [-0.25, -0.2) is 12.8 Å². The van der Waals surface area contributed by atoms with E-state index in [9.17, 15) is 22.4 Å². The van der Waals surface area contributed by atoms with Crippen molar-refractivity contribution in [3.8, 4) is 5.75 Å². The number of hydrogen-bond donors (Lipinski definition) is 3. The van der Waals surface area contributed by atoms with Crippen molar-refractivity contribution in [2.75, 3.05) is 13.7 Å². The third-order valence-corrected chi connectivity index (χ3v) is 5.50. The lowest BCUT2D eigenvalue weighted by atomic mass is 10.2. The molecule has 1 atom stereocenters. The zero-order chi connectivity index (χ0) is 21.4. The Bertz CT molecular complexity index is 964. The largest absolute Gasteiger partial charge is 0.497 e. The van der Waals surface area contributed by atoms with Gasteiger partial charge in [-0.3, -0.25) is 9.59 Å². The summed E-state index contributed by atoms with van der Waals surface area (Å²) in [6, 6.07) is 10.7. The van der Waals surface area contributed by atoms with Crippen molar-refractivity contribution in [2.45, 2.75) is 24.4 Å². The summed E-state index contributed by atoms with van der Waals surface area (Å²) in [4.78, 5) is 23.4. The van der Waals surface area contributed by atoms with Gasteiger partial charge in [0, 0.05) is 6.54 Å². The SMILES string of the molecule is COc1ccc(CNC(=O)CNC(=O)[C@H](C)NS(=O)(=O)c2ccccc2F)cc1. The van der Waals surface area contributed by atoms with Gasteiger partial charge in [0.1, 0.15) is 16.5 Å². The minimum absolute atomic E-state index is 0.258. The van der Waals surface area contributed by atoms with Gasteiger partial charge in [0.15, 0.2) is 0 Å². The van der Waals surface area contributed by atoms with Gasteiger partial charge in [0.2, 0.25) is 21.8 Å². The van der Waals surface area contributed by atoms with Crippen LogP contribution in [-0.2, 0) is 26.2 Å². The molecule has 0 saturated heterocycles. The fraction of sp³-hybridized carbons (Fsp3) is 0.263. The van der Waals surface area contributed by atoms with E-state index < -0.39 is 38.6 Å². The number of carbonyl (C=O) groups is 2. The molecule has 0 saturated carbocycles. The topological polar surface area (TPSA) is 114 Å². The van der Waals surface area contributed by atoms with Gasteiger partial charge in [-0.2, -0.15) is 4.72 Å². The highest BCUT2D eigenvalue weighted by Gasteiger charge is 2.24. The molecule has 0 bridgehead atoms. The summed E-state index contributed by atoms with van der Waals surface area (Å²) in [5.41, 5.74) is 0.844. The highest BCUT2D eigenvalue weighted by Crippen LogP contribution is 2.13. The smallest absolute Gasteiger partial charge is 0.244 e. The summed E-state index contributed by atoms with van der Waals surface area (Å²) in [7, 11) is -2.67. The molecule has 0 aliphatic rings. The highest BCUT2D eigenvalue weighted by atomic mass is 32.2. The Balaban J connectivity index is 1.81. The van der Waals surface area contributed by atoms with E-state index in [-0.39, 0.29) is 13.1 Å². The Morgan fingerprint density at radius 3 is 2.34 bits per heavy atom. The zero-order valence-electron chi connectivity index (χ0n) is 15.9. The van der Waals surface area contributed by atoms with Gasteiger partial charge in [-0.15, -0.1) is 0 Å². The van der Waals surface area contributed by atoms with E-state index in [2.05, 4.69) is 15.4 Å². The summed E-state index contributed by atoms with van der Waals surface area (Å²) in [5.74, 6) is -1.40. The van der Waals surface area contributed by atoms with Crippen LogP contribution in [0.4, 0.5) is 4.39 Å². The molecule has 10 heteroatoms. The molecule has 2 rings (SSSR count). The molecule has 0 unspecified atom stereocenters. The molecule has 156 valence electrons. The fourth-order valence-corrected chi connectivity index (χ4v) is 3.62. The minimum Gasteiger partial charge on any atom is -0.497 e. The lowest BCUT2D eigenvalue weighted by Gasteiger charge is -2.15. The average molecular weight is 423 g/mol. The van der Waals surface area contributed by atoms with Crippen molar-refractivity contribution in [1.82, 2.24) is 15.4 Å². The second kappa shape index (κ2) is 9.99. The maximum atomic E-state index is 13.7. The van der Waals surface area contributed by atoms with Gasteiger partial charge >= 0.3 is 0 Å². The predicted molar refractivity (Wildman–Crippen MR) is 104 cm³/mol. The minimum atomic E-state index is -4.22. The number of carbonyl (C=O) groups excluding carboxylic acids is 2. The first-order valence-corrected chi connectivity index (χ1v) is 10.2. The summed E-state index contributed by atoms with van der Waals surface area (Å²) in [5, 5.41) is 4.96. The maximum Gasteiger partial charge on any atom is 0.244 e. The van der Waals surface area contributed by atoms with Crippen LogP contribution in [0.3, 0.4) is 0 Å². The van der Waals surface area contributed by atoms with Crippen LogP contribution in [0.25, 0.3) is 0 Å². The number of rotatable bonds is 9. The number of halogens is 1. The monoisotopic (exact) mass is 423 g/mol. The normalized spacial score (nSPS) is 12.1. The standard InChI is InChI=1S/C19H22FN3O5S/c1-13(23-29(26,27)17-6-4-3-5-16(17)20)19(25)22-12-18(24)21-11-14-7-9-15(28-2)10-8-14/h3-10,13,23H,11-12H2,1-2H3,(H,21,24)(H,22,25)/t13-/m0/s1. The van der Waals surface area contributed by atoms with Crippen LogP contribution in [0.1, 0.15) is 12.5 Å². The van der Waals surface area contributed by atoms with E-state index in [4.69, 9.17) is 4.74 Å². The summed E-state index contributed by atoms with van der Waals surface area (Å²) in [6.07, 6.45) is 0. The first-order valence-electron chi connectivity index (χ1n) is 8.67. The van der Waals surface area contributed by atoms with Crippen LogP contribution < -0.4 is 20.1 Å². The van der Waals surface area contributed by atoms with Crippen molar-refractivity contribution < 1.29 is 27.1 Å². The molecule has 0 fully saturated rings. The van der Waals surface area contributed by atoms with Crippen LogP contribution in [0.2, 0.25) is 0 Å². The second-order valence-electron chi connectivity index (χ2n) is 6.12. The number of sulfonamides is 1. The molecule has 0 spiro atoms. The Morgan fingerprint density at radius 1 is 1.07 bits per heavy atom. The number of hydrogen-bond acceptors (Lipinski definition) is 5. The van der Waals surface area contributed by atoms with Gasteiger partial charge < -0.3 is 15.4 Å². The first-order chi connectivity index (χ1) is 13.7. The van der Waals surface area contributed by atoms with Crippen LogP contribution in [0.5, 0.6) is 5.75 Å². The molecule has 0 aliphatic heterocycles. The van der Waals surface area contributed by atoms with E-state index in [0.29, 0.717) is 5.75 Å². The molecule has 2 aromatic carbocycles. The van der Waals surface area contributed by atoms with Gasteiger partial charge in [0.25, 0.3) is 0 Å². The number of benzene rings is 2. The number of ether oxygens (including phenoxy) is 1. The molecular formula is C19H22FN3O5S. The Labute approximate surface area is 168 Å². The van der Waals surface area contributed by atoms with Gasteiger partial charge in [0.05, 0.1) is 19.7 Å². The predicted octanol–water partition coefficient (Wildman–Crippen LogP) is 0.934. The lowest BCUT2D eigenvalue weighted by molar-refractivity contribution is -0.126. The van der Waals surface area contributed by atoms with E-state index in [1.165, 1.54) is 19.1 Å². The van der Waals surface area contributed by atoms with E-state index in [1.807, 2.05) is 0 Å². The van der Waals surface area contributed by atoms with E-state index >= 15 is 0 Å². The molecule has 0 aromatic heterocycles. The molecule has 0 aliphatic carbocycles. The summed E-state index contributed by atoms with van der Waals surface area (Å²) < 4.78 is 45.2.